The van der Waals surface area contributed by atoms with E-state index in [2.05, 4.69) is 26.6 Å². The Kier molecular flexibility index (Phi) is 7.16. The summed E-state index contributed by atoms with van der Waals surface area (Å²) in [5.41, 5.74) is 0. The molecule has 0 aromatic rings. The number of aliphatic hydroxyl groups is 1. The molecule has 0 heterocycles. The van der Waals surface area contributed by atoms with Crippen LogP contribution in [0.25, 0.3) is 0 Å². The molecule has 0 aromatic carbocycles. The first kappa shape index (κ1) is 15.8. The van der Waals surface area contributed by atoms with Crippen molar-refractivity contribution in [3.8, 4) is 0 Å². The molecule has 0 aromatic heterocycles. The normalized spacial score (nSPS) is 15.9. The van der Waals surface area contributed by atoms with Crippen molar-refractivity contribution in [2.75, 3.05) is 0 Å². The van der Waals surface area contributed by atoms with Gasteiger partial charge in [0.15, 0.2) is 0 Å². The van der Waals surface area contributed by atoms with Crippen LogP contribution in [0, 0.1) is 5.92 Å². The predicted octanol–water partition coefficient (Wildman–Crippen LogP) is 3.40. The molecular weight excluding hydrogens is 216 g/mol. The van der Waals surface area contributed by atoms with Gasteiger partial charge in [0, 0.05) is 5.92 Å². The van der Waals surface area contributed by atoms with Gasteiger partial charge < -0.3 is 9.90 Å². The highest BCUT2D eigenvalue weighted by Crippen LogP contribution is 2.21. The minimum atomic E-state index is -1.75. The first-order chi connectivity index (χ1) is 7.30. The summed E-state index contributed by atoms with van der Waals surface area (Å²) in [6.07, 6.45) is 5.06. The fraction of sp³-hybridized carbons (Fsp3) is 0.923. The molecule has 16 heavy (non-hydrogen) atoms. The van der Waals surface area contributed by atoms with Gasteiger partial charge in [-0.25, -0.2) is 0 Å². The first-order valence-electron chi connectivity index (χ1n) is 6.53. The van der Waals surface area contributed by atoms with Crippen LogP contribution in [0.3, 0.4) is 0 Å². The highest BCUT2D eigenvalue weighted by Gasteiger charge is 2.33. The number of unbranched alkanes of at least 4 members (excludes halogenated alkanes) is 3. The van der Waals surface area contributed by atoms with Gasteiger partial charge in [-0.1, -0.05) is 52.2 Å². The zero-order valence-corrected chi connectivity index (χ0v) is 12.5. The first-order valence-corrected chi connectivity index (χ1v) is 10.0. The monoisotopic (exact) mass is 244 g/mol. The molecule has 0 aliphatic heterocycles. The second kappa shape index (κ2) is 7.23. The van der Waals surface area contributed by atoms with Crippen molar-refractivity contribution >= 4 is 13.5 Å². The molecular formula is C13H28O2Si. The van der Waals surface area contributed by atoms with E-state index in [1.165, 1.54) is 19.3 Å². The molecule has 0 aliphatic rings. The largest absolute Gasteiger partial charge is 0.393 e. The average Bonchev–Trinajstić information content (AvgIpc) is 2.15. The van der Waals surface area contributed by atoms with Gasteiger partial charge >= 0.3 is 0 Å². The summed E-state index contributed by atoms with van der Waals surface area (Å²) < 4.78 is 0. The highest BCUT2D eigenvalue weighted by molar-refractivity contribution is 7.03. The van der Waals surface area contributed by atoms with Crippen LogP contribution in [-0.2, 0) is 4.79 Å². The predicted molar refractivity (Wildman–Crippen MR) is 72.3 cm³/mol. The minimum absolute atomic E-state index is 0.122. The van der Waals surface area contributed by atoms with Crippen molar-refractivity contribution < 1.29 is 9.90 Å². The van der Waals surface area contributed by atoms with E-state index in [9.17, 15) is 9.90 Å². The lowest BCUT2D eigenvalue weighted by Gasteiger charge is -2.25. The number of carbonyl (C=O) groups is 1. The van der Waals surface area contributed by atoms with Crippen LogP contribution in [-0.4, -0.2) is 24.7 Å². The lowest BCUT2D eigenvalue weighted by atomic mass is 9.97. The molecule has 0 saturated heterocycles. The van der Waals surface area contributed by atoms with Gasteiger partial charge in [-0.05, 0) is 13.3 Å². The van der Waals surface area contributed by atoms with Gasteiger partial charge in [0.1, 0.15) is 13.5 Å². The maximum absolute atomic E-state index is 12.2. The van der Waals surface area contributed by atoms with E-state index in [1.54, 1.807) is 6.92 Å². The van der Waals surface area contributed by atoms with Gasteiger partial charge in [-0.3, -0.25) is 0 Å². The average molecular weight is 244 g/mol. The Morgan fingerprint density at radius 1 is 1.19 bits per heavy atom. The number of rotatable bonds is 8. The Balaban J connectivity index is 4.23. The Morgan fingerprint density at radius 3 is 2.12 bits per heavy atom. The molecule has 0 rings (SSSR count). The van der Waals surface area contributed by atoms with Gasteiger partial charge in [-0.15, -0.1) is 0 Å². The third-order valence-corrected chi connectivity index (χ3v) is 4.88. The molecule has 0 amide bonds. The molecule has 0 spiro atoms. The quantitative estimate of drug-likeness (QED) is 0.525. The van der Waals surface area contributed by atoms with Crippen LogP contribution < -0.4 is 0 Å². The zero-order chi connectivity index (χ0) is 12.8. The van der Waals surface area contributed by atoms with Crippen molar-refractivity contribution in [3.63, 3.8) is 0 Å². The summed E-state index contributed by atoms with van der Waals surface area (Å²) in [6, 6.07) is 0. The summed E-state index contributed by atoms with van der Waals surface area (Å²) >= 11 is 0. The summed E-state index contributed by atoms with van der Waals surface area (Å²) in [6.45, 7) is 10.1. The van der Waals surface area contributed by atoms with Gasteiger partial charge in [0.2, 0.25) is 0 Å². The number of hydrogen-bond donors (Lipinski definition) is 1. The SMILES string of the molecule is CCCCCC[C@@H](C(=O)[Si](C)(C)C)[C@@H](C)O. The van der Waals surface area contributed by atoms with Crippen LogP contribution in [0.1, 0.15) is 46.0 Å². The molecule has 1 N–H and O–H groups in total. The van der Waals surface area contributed by atoms with Crippen molar-refractivity contribution in [2.24, 2.45) is 5.92 Å². The Labute approximate surface area is 101 Å². The van der Waals surface area contributed by atoms with E-state index < -0.39 is 14.2 Å². The fourth-order valence-electron chi connectivity index (χ4n) is 1.94. The number of carbonyl (C=O) groups excluding carboxylic acids is 1. The number of hydrogen-bond acceptors (Lipinski definition) is 2. The van der Waals surface area contributed by atoms with Crippen molar-refractivity contribution in [1.29, 1.82) is 0 Å². The van der Waals surface area contributed by atoms with Crippen molar-refractivity contribution in [2.45, 2.75) is 71.7 Å². The van der Waals surface area contributed by atoms with Crippen LogP contribution in [0.15, 0.2) is 0 Å². The Morgan fingerprint density at radius 2 is 1.75 bits per heavy atom. The second-order valence-electron chi connectivity index (χ2n) is 5.81. The van der Waals surface area contributed by atoms with Gasteiger partial charge in [0.05, 0.1) is 6.10 Å². The van der Waals surface area contributed by atoms with Crippen LogP contribution in [0.4, 0.5) is 0 Å². The fourth-order valence-corrected chi connectivity index (χ4v) is 3.44. The summed E-state index contributed by atoms with van der Waals surface area (Å²) in [7, 11) is -1.75. The minimum Gasteiger partial charge on any atom is -0.393 e. The molecule has 0 radical (unpaired) electrons. The van der Waals surface area contributed by atoms with Crippen LogP contribution in [0.5, 0.6) is 0 Å². The Hall–Kier alpha value is -0.153. The third kappa shape index (κ3) is 5.80. The van der Waals surface area contributed by atoms with E-state index in [4.69, 9.17) is 0 Å². The highest BCUT2D eigenvalue weighted by atomic mass is 28.3. The maximum atomic E-state index is 12.2. The van der Waals surface area contributed by atoms with E-state index in [0.717, 1.165) is 12.8 Å². The summed E-state index contributed by atoms with van der Waals surface area (Å²) in [5.74, 6) is -0.122. The van der Waals surface area contributed by atoms with E-state index in [0.29, 0.717) is 5.41 Å². The van der Waals surface area contributed by atoms with Crippen molar-refractivity contribution in [3.05, 3.63) is 0 Å². The lowest BCUT2D eigenvalue weighted by Crippen LogP contribution is -2.42. The molecule has 0 unspecified atom stereocenters. The van der Waals surface area contributed by atoms with E-state index in [-0.39, 0.29) is 5.92 Å². The Bertz CT molecular complexity index is 206. The molecule has 0 fully saturated rings. The van der Waals surface area contributed by atoms with Crippen LogP contribution >= 0.6 is 0 Å². The van der Waals surface area contributed by atoms with Crippen LogP contribution in [0.2, 0.25) is 19.6 Å². The maximum Gasteiger partial charge on any atom is 0.124 e. The lowest BCUT2D eigenvalue weighted by molar-refractivity contribution is -0.119. The zero-order valence-electron chi connectivity index (χ0n) is 11.5. The van der Waals surface area contributed by atoms with E-state index in [1.807, 2.05) is 0 Å². The topological polar surface area (TPSA) is 37.3 Å². The third-order valence-electron chi connectivity index (χ3n) is 3.03. The second-order valence-corrected chi connectivity index (χ2v) is 10.8. The molecule has 0 aliphatic carbocycles. The smallest absolute Gasteiger partial charge is 0.124 e. The molecule has 0 bridgehead atoms. The molecule has 2 atom stereocenters. The molecule has 3 heteroatoms. The van der Waals surface area contributed by atoms with Crippen molar-refractivity contribution in [1.82, 2.24) is 0 Å². The summed E-state index contributed by atoms with van der Waals surface area (Å²) in [4.78, 5) is 12.2. The molecule has 2 nitrogen and oxygen atoms in total. The van der Waals surface area contributed by atoms with Gasteiger partial charge in [-0.2, -0.15) is 0 Å². The molecule has 0 saturated carbocycles. The standard InChI is InChI=1S/C13H28O2Si/c1-6-7-8-9-10-12(11(2)14)13(15)16(3,4)5/h11-12,14H,6-10H2,1-5H3/t11-,12-/m1/s1. The summed E-state index contributed by atoms with van der Waals surface area (Å²) in [5, 5.41) is 10.0. The molecule has 96 valence electrons. The van der Waals surface area contributed by atoms with E-state index >= 15 is 0 Å². The van der Waals surface area contributed by atoms with Gasteiger partial charge in [0.25, 0.3) is 0 Å². The number of aliphatic hydroxyl groups excluding tert-OH is 1.